The number of aliphatic imine (C=N–C) groups is 2. The number of hydrogen-bond acceptors (Lipinski definition) is 1. The molecule has 0 aliphatic heterocycles. The Hall–Kier alpha value is -0.190. The number of halogens is 1. The van der Waals surface area contributed by atoms with Gasteiger partial charge >= 0.3 is 0 Å². The van der Waals surface area contributed by atoms with Crippen LogP contribution in [0.2, 0.25) is 0 Å². The number of allylic oxidation sites excluding steroid dienone is 1. The Labute approximate surface area is 62.6 Å². The van der Waals surface area contributed by atoms with Crippen molar-refractivity contribution in [1.82, 2.24) is 0 Å². The highest BCUT2D eigenvalue weighted by Crippen LogP contribution is 1.90. The van der Waals surface area contributed by atoms with Crippen molar-refractivity contribution in [2.24, 2.45) is 9.98 Å². The summed E-state index contributed by atoms with van der Waals surface area (Å²) in [7, 11) is 0. The van der Waals surface area contributed by atoms with E-state index in [9.17, 15) is 0 Å². The molecule has 0 rings (SSSR count). The van der Waals surface area contributed by atoms with Crippen molar-refractivity contribution in [2.45, 2.75) is 6.92 Å². The smallest absolute Gasteiger partial charge is 0.190 e. The van der Waals surface area contributed by atoms with Gasteiger partial charge in [-0.1, -0.05) is 6.08 Å². The lowest BCUT2D eigenvalue weighted by molar-refractivity contribution is 1.52. The second kappa shape index (κ2) is 4.96. The van der Waals surface area contributed by atoms with E-state index in [2.05, 4.69) is 16.7 Å². The van der Waals surface area contributed by atoms with Gasteiger partial charge in [-0.2, -0.15) is 0 Å². The third-order valence-corrected chi connectivity index (χ3v) is 1.08. The van der Waals surface area contributed by atoms with Crippen LogP contribution in [0.25, 0.3) is 0 Å². The summed E-state index contributed by atoms with van der Waals surface area (Å²) in [5.41, 5.74) is 0. The lowest BCUT2D eigenvalue weighted by atomic mass is 10.7. The van der Waals surface area contributed by atoms with E-state index in [1.54, 1.807) is 6.20 Å². The van der Waals surface area contributed by atoms with E-state index in [0.717, 1.165) is 0 Å². The van der Waals surface area contributed by atoms with E-state index in [-0.39, 0.29) is 0 Å². The fraction of sp³-hybridized carbons (Fsp3) is 0.200. The zero-order valence-electron chi connectivity index (χ0n) is 4.63. The lowest BCUT2D eigenvalue weighted by Crippen LogP contribution is -1.71. The molecule has 0 saturated carbocycles. The van der Waals surface area contributed by atoms with Crippen molar-refractivity contribution >= 4 is 33.2 Å². The first kappa shape index (κ1) is 7.81. The first-order chi connectivity index (χ1) is 3.81. The van der Waals surface area contributed by atoms with E-state index in [1.807, 2.05) is 35.6 Å². The molecule has 8 heavy (non-hydrogen) atoms. The lowest BCUT2D eigenvalue weighted by Gasteiger charge is -1.78. The van der Waals surface area contributed by atoms with Crippen LogP contribution in [0.5, 0.6) is 0 Å². The molecule has 44 valence electrons. The Bertz CT molecular complexity index is 126. The first-order valence-electron chi connectivity index (χ1n) is 2.12. The molecule has 0 aromatic heterocycles. The van der Waals surface area contributed by atoms with Crippen LogP contribution in [0.15, 0.2) is 22.3 Å². The quantitative estimate of drug-likeness (QED) is 0.280. The topological polar surface area (TPSA) is 24.7 Å². The molecule has 0 aliphatic rings. The minimum atomic E-state index is 0.667. The summed E-state index contributed by atoms with van der Waals surface area (Å²) in [6.45, 7) is 5.19. The average molecular weight is 222 g/mol. The molecule has 0 bridgehead atoms. The van der Waals surface area contributed by atoms with Gasteiger partial charge in [0.1, 0.15) is 0 Å². The van der Waals surface area contributed by atoms with Gasteiger partial charge in [0.25, 0.3) is 0 Å². The first-order valence-corrected chi connectivity index (χ1v) is 3.20. The molecule has 0 heterocycles. The van der Waals surface area contributed by atoms with E-state index in [4.69, 9.17) is 0 Å². The van der Waals surface area contributed by atoms with E-state index >= 15 is 0 Å². The highest BCUT2D eigenvalue weighted by Gasteiger charge is 1.76. The standard InChI is InChI=1S/C5H7IN2/c1-3-4-8-5(6)7-2/h3-4H,2H2,1H3/b4-3-,8-5-. The molecular formula is C5H7IN2. The van der Waals surface area contributed by atoms with Crippen LogP contribution in [0.4, 0.5) is 0 Å². The highest BCUT2D eigenvalue weighted by atomic mass is 127. The van der Waals surface area contributed by atoms with Gasteiger partial charge in [0.05, 0.1) is 0 Å². The summed E-state index contributed by atoms with van der Waals surface area (Å²) in [4.78, 5) is 7.42. The number of nitrogens with zero attached hydrogens (tertiary/aromatic N) is 2. The van der Waals surface area contributed by atoms with Crippen LogP contribution in [0.1, 0.15) is 6.92 Å². The van der Waals surface area contributed by atoms with Gasteiger partial charge in [-0.15, -0.1) is 0 Å². The number of amidine groups is 1. The van der Waals surface area contributed by atoms with Crippen molar-refractivity contribution in [3.05, 3.63) is 12.3 Å². The van der Waals surface area contributed by atoms with Gasteiger partial charge in [-0.05, 0) is 13.6 Å². The highest BCUT2D eigenvalue weighted by molar-refractivity contribution is 14.1. The van der Waals surface area contributed by atoms with Gasteiger partial charge in [0.2, 0.25) is 0 Å². The van der Waals surface area contributed by atoms with Gasteiger partial charge < -0.3 is 0 Å². The molecule has 0 atom stereocenters. The summed E-state index contributed by atoms with van der Waals surface area (Å²) in [6.07, 6.45) is 3.51. The molecule has 0 aromatic rings. The normalized spacial score (nSPS) is 12.5. The van der Waals surface area contributed by atoms with Crippen LogP contribution in [0, 0.1) is 0 Å². The summed E-state index contributed by atoms with van der Waals surface area (Å²) in [5, 5.41) is 0. The molecular weight excluding hydrogens is 215 g/mol. The summed E-state index contributed by atoms with van der Waals surface area (Å²) in [5.74, 6) is 0. The minimum absolute atomic E-state index is 0.667. The second-order valence-electron chi connectivity index (χ2n) is 1.04. The number of hydrogen-bond donors (Lipinski definition) is 0. The fourth-order valence-electron chi connectivity index (χ4n) is 0.177. The second-order valence-corrected chi connectivity index (χ2v) is 2.00. The van der Waals surface area contributed by atoms with Crippen molar-refractivity contribution in [3.8, 4) is 0 Å². The molecule has 3 heteroatoms. The van der Waals surface area contributed by atoms with Crippen LogP contribution < -0.4 is 0 Å². The predicted molar refractivity (Wildman–Crippen MR) is 45.8 cm³/mol. The number of rotatable bonds is 1. The molecule has 0 unspecified atom stereocenters. The molecule has 0 radical (unpaired) electrons. The summed E-state index contributed by atoms with van der Waals surface area (Å²) < 4.78 is 0.667. The summed E-state index contributed by atoms with van der Waals surface area (Å²) >= 11 is 2.00. The predicted octanol–water partition coefficient (Wildman–Crippen LogP) is 2.01. The third kappa shape index (κ3) is 3.98. The summed E-state index contributed by atoms with van der Waals surface area (Å²) in [6, 6.07) is 0. The van der Waals surface area contributed by atoms with Crippen molar-refractivity contribution in [1.29, 1.82) is 0 Å². The SMILES string of the molecule is C=N/C(I)=N\C=C/C. The molecule has 0 amide bonds. The van der Waals surface area contributed by atoms with E-state index in [1.165, 1.54) is 0 Å². The van der Waals surface area contributed by atoms with Crippen LogP contribution in [-0.4, -0.2) is 10.6 Å². The Balaban J connectivity index is 3.74. The van der Waals surface area contributed by atoms with Gasteiger partial charge in [-0.25, -0.2) is 9.98 Å². The van der Waals surface area contributed by atoms with E-state index < -0.39 is 0 Å². The van der Waals surface area contributed by atoms with Gasteiger partial charge in [0, 0.05) is 28.8 Å². The zero-order chi connectivity index (χ0) is 6.41. The maximum Gasteiger partial charge on any atom is 0.190 e. The van der Waals surface area contributed by atoms with Gasteiger partial charge in [0.15, 0.2) is 3.84 Å². The third-order valence-electron chi connectivity index (χ3n) is 0.461. The molecule has 2 nitrogen and oxygen atoms in total. The molecule has 0 saturated heterocycles. The van der Waals surface area contributed by atoms with Crippen LogP contribution in [-0.2, 0) is 0 Å². The van der Waals surface area contributed by atoms with Crippen molar-refractivity contribution in [2.75, 3.05) is 0 Å². The van der Waals surface area contributed by atoms with Gasteiger partial charge in [-0.3, -0.25) is 0 Å². The molecule has 0 aliphatic carbocycles. The molecule has 0 spiro atoms. The van der Waals surface area contributed by atoms with Crippen molar-refractivity contribution in [3.63, 3.8) is 0 Å². The maximum absolute atomic E-state index is 3.85. The molecule has 0 aromatic carbocycles. The van der Waals surface area contributed by atoms with Crippen LogP contribution >= 0.6 is 22.6 Å². The van der Waals surface area contributed by atoms with Crippen LogP contribution in [0.3, 0.4) is 0 Å². The Morgan fingerprint density at radius 3 is 2.75 bits per heavy atom. The Kier molecular flexibility index (Phi) is 4.84. The zero-order valence-corrected chi connectivity index (χ0v) is 6.79. The molecule has 0 N–H and O–H groups in total. The van der Waals surface area contributed by atoms with E-state index in [0.29, 0.717) is 3.84 Å². The average Bonchev–Trinajstić information content (AvgIpc) is 1.83. The largest absolute Gasteiger partial charge is 0.240 e. The molecule has 0 fully saturated rings. The fourth-order valence-corrected chi connectivity index (χ4v) is 0.338. The monoisotopic (exact) mass is 222 g/mol. The maximum atomic E-state index is 3.85. The van der Waals surface area contributed by atoms with Crippen molar-refractivity contribution < 1.29 is 0 Å². The minimum Gasteiger partial charge on any atom is -0.240 e. The Morgan fingerprint density at radius 1 is 1.75 bits per heavy atom. The Morgan fingerprint density at radius 2 is 2.38 bits per heavy atom.